The van der Waals surface area contributed by atoms with E-state index in [9.17, 15) is 4.39 Å². The molecule has 4 heteroatoms. The van der Waals surface area contributed by atoms with Crippen molar-refractivity contribution in [3.8, 4) is 0 Å². The Balaban J connectivity index is 2.07. The number of anilines is 2. The van der Waals surface area contributed by atoms with Crippen molar-refractivity contribution in [1.82, 2.24) is 4.98 Å². The van der Waals surface area contributed by atoms with Gasteiger partial charge in [-0.05, 0) is 12.1 Å². The summed E-state index contributed by atoms with van der Waals surface area (Å²) in [5.41, 5.74) is 6.39. The van der Waals surface area contributed by atoms with E-state index in [-0.39, 0.29) is 12.6 Å². The second-order valence-electron chi connectivity index (χ2n) is 3.34. The first-order chi connectivity index (χ1) is 6.31. The maximum atomic E-state index is 12.1. The van der Waals surface area contributed by atoms with Gasteiger partial charge in [-0.3, -0.25) is 4.39 Å². The summed E-state index contributed by atoms with van der Waals surface area (Å²) in [6, 6.07) is 3.61. The molecule has 1 fully saturated rings. The number of nitrogens with two attached hydrogens (primary N) is 1. The van der Waals surface area contributed by atoms with Crippen molar-refractivity contribution in [2.24, 2.45) is 5.92 Å². The fourth-order valence-corrected chi connectivity index (χ4v) is 1.51. The predicted octanol–water partition coefficient (Wildman–Crippen LogP) is 1.07. The lowest BCUT2D eigenvalue weighted by Gasteiger charge is -2.39. The second kappa shape index (κ2) is 3.20. The first-order valence-electron chi connectivity index (χ1n) is 4.32. The third kappa shape index (κ3) is 1.43. The Morgan fingerprint density at radius 1 is 1.62 bits per heavy atom. The Morgan fingerprint density at radius 2 is 2.38 bits per heavy atom. The monoisotopic (exact) mass is 181 g/mol. The molecule has 2 rings (SSSR count). The average molecular weight is 181 g/mol. The molecule has 0 spiro atoms. The second-order valence-corrected chi connectivity index (χ2v) is 3.34. The molecule has 0 aromatic carbocycles. The minimum absolute atomic E-state index is 0.168. The number of rotatable bonds is 2. The van der Waals surface area contributed by atoms with E-state index >= 15 is 0 Å². The van der Waals surface area contributed by atoms with Crippen LogP contribution in [0.2, 0.25) is 0 Å². The molecule has 1 saturated heterocycles. The lowest BCUT2D eigenvalue weighted by molar-refractivity contribution is 0.305. The highest BCUT2D eigenvalue weighted by Gasteiger charge is 2.28. The number of nitrogens with zero attached hydrogens (tertiary/aromatic N) is 2. The zero-order valence-electron chi connectivity index (χ0n) is 7.28. The van der Waals surface area contributed by atoms with Crippen LogP contribution in [0.4, 0.5) is 15.9 Å². The summed E-state index contributed by atoms with van der Waals surface area (Å²) in [6.45, 7) is 1.22. The van der Waals surface area contributed by atoms with Gasteiger partial charge in [0.1, 0.15) is 0 Å². The molecule has 0 radical (unpaired) electrons. The Kier molecular flexibility index (Phi) is 2.04. The van der Waals surface area contributed by atoms with Gasteiger partial charge in [0.05, 0.1) is 12.4 Å². The van der Waals surface area contributed by atoms with Crippen LogP contribution in [0.5, 0.6) is 0 Å². The third-order valence-electron chi connectivity index (χ3n) is 2.29. The van der Waals surface area contributed by atoms with Crippen LogP contribution in [0.25, 0.3) is 0 Å². The number of pyridine rings is 1. The van der Waals surface area contributed by atoms with Gasteiger partial charge in [-0.1, -0.05) is 0 Å². The number of halogens is 1. The maximum absolute atomic E-state index is 12.1. The summed E-state index contributed by atoms with van der Waals surface area (Å²) < 4.78 is 12.1. The van der Waals surface area contributed by atoms with Crippen molar-refractivity contribution in [3.63, 3.8) is 0 Å². The van der Waals surface area contributed by atoms with Crippen molar-refractivity contribution >= 4 is 11.5 Å². The van der Waals surface area contributed by atoms with Gasteiger partial charge >= 0.3 is 0 Å². The minimum atomic E-state index is -0.247. The molecule has 0 saturated carbocycles. The van der Waals surface area contributed by atoms with E-state index in [4.69, 9.17) is 5.73 Å². The number of hydrogen-bond acceptors (Lipinski definition) is 3. The Hall–Kier alpha value is -1.32. The zero-order chi connectivity index (χ0) is 9.26. The Labute approximate surface area is 76.4 Å². The lowest BCUT2D eigenvalue weighted by Crippen LogP contribution is -2.48. The predicted molar refractivity (Wildman–Crippen MR) is 50.3 cm³/mol. The molecule has 1 aromatic heterocycles. The summed E-state index contributed by atoms with van der Waals surface area (Å²) in [5, 5.41) is 0. The number of alkyl halides is 1. The SMILES string of the molecule is Nc1cccnc1N1CC(CF)C1. The van der Waals surface area contributed by atoms with Gasteiger partial charge in [0.2, 0.25) is 0 Å². The maximum Gasteiger partial charge on any atom is 0.151 e. The fraction of sp³-hybridized carbons (Fsp3) is 0.444. The van der Waals surface area contributed by atoms with E-state index in [1.165, 1.54) is 0 Å². The van der Waals surface area contributed by atoms with Crippen LogP contribution < -0.4 is 10.6 Å². The number of aromatic nitrogens is 1. The molecule has 0 unspecified atom stereocenters. The van der Waals surface area contributed by atoms with Crippen molar-refractivity contribution in [2.45, 2.75) is 0 Å². The molecule has 2 heterocycles. The van der Waals surface area contributed by atoms with E-state index in [1.807, 2.05) is 11.0 Å². The van der Waals surface area contributed by atoms with E-state index in [2.05, 4.69) is 4.98 Å². The van der Waals surface area contributed by atoms with E-state index in [1.54, 1.807) is 12.3 Å². The van der Waals surface area contributed by atoms with E-state index < -0.39 is 0 Å². The Morgan fingerprint density at radius 3 is 3.00 bits per heavy atom. The van der Waals surface area contributed by atoms with Crippen LogP contribution in [-0.2, 0) is 0 Å². The Bertz CT molecular complexity index is 297. The van der Waals surface area contributed by atoms with Gasteiger partial charge < -0.3 is 10.6 Å². The highest BCUT2D eigenvalue weighted by molar-refractivity contribution is 5.63. The van der Waals surface area contributed by atoms with Gasteiger partial charge in [0.25, 0.3) is 0 Å². The molecule has 0 bridgehead atoms. The highest BCUT2D eigenvalue weighted by Crippen LogP contribution is 2.27. The smallest absolute Gasteiger partial charge is 0.151 e. The van der Waals surface area contributed by atoms with Gasteiger partial charge in [0, 0.05) is 25.2 Å². The molecule has 2 N–H and O–H groups in total. The van der Waals surface area contributed by atoms with Crippen LogP contribution in [0.3, 0.4) is 0 Å². The molecule has 1 aliphatic heterocycles. The lowest BCUT2D eigenvalue weighted by atomic mass is 10.0. The average Bonchev–Trinajstić information content (AvgIpc) is 2.06. The largest absolute Gasteiger partial charge is 0.396 e. The summed E-state index contributed by atoms with van der Waals surface area (Å²) in [6.07, 6.45) is 1.70. The molecule has 1 aliphatic rings. The standard InChI is InChI=1S/C9H12FN3/c10-4-7-5-13(6-7)9-8(11)2-1-3-12-9/h1-3,7H,4-6,11H2. The number of nitrogen functional groups attached to an aromatic ring is 1. The van der Waals surface area contributed by atoms with Crippen LogP contribution in [0, 0.1) is 5.92 Å². The molecule has 70 valence electrons. The summed E-state index contributed by atoms with van der Waals surface area (Å²) in [4.78, 5) is 6.15. The van der Waals surface area contributed by atoms with Crippen molar-refractivity contribution in [3.05, 3.63) is 18.3 Å². The molecular weight excluding hydrogens is 169 g/mol. The van der Waals surface area contributed by atoms with Gasteiger partial charge in [-0.15, -0.1) is 0 Å². The third-order valence-corrected chi connectivity index (χ3v) is 2.29. The summed E-state index contributed by atoms with van der Waals surface area (Å²) >= 11 is 0. The summed E-state index contributed by atoms with van der Waals surface area (Å²) in [7, 11) is 0. The molecule has 0 atom stereocenters. The highest BCUT2D eigenvalue weighted by atomic mass is 19.1. The van der Waals surface area contributed by atoms with Crippen LogP contribution in [0.15, 0.2) is 18.3 Å². The normalized spacial score (nSPS) is 17.2. The molecule has 13 heavy (non-hydrogen) atoms. The first kappa shape index (κ1) is 8.29. The van der Waals surface area contributed by atoms with Gasteiger partial charge in [-0.25, -0.2) is 4.98 Å². The van der Waals surface area contributed by atoms with Crippen molar-refractivity contribution < 1.29 is 4.39 Å². The molecule has 3 nitrogen and oxygen atoms in total. The first-order valence-corrected chi connectivity index (χ1v) is 4.32. The number of hydrogen-bond donors (Lipinski definition) is 1. The van der Waals surface area contributed by atoms with Crippen molar-refractivity contribution in [1.29, 1.82) is 0 Å². The van der Waals surface area contributed by atoms with E-state index in [0.717, 1.165) is 18.9 Å². The van der Waals surface area contributed by atoms with Gasteiger partial charge in [0.15, 0.2) is 5.82 Å². The fourth-order valence-electron chi connectivity index (χ4n) is 1.51. The topological polar surface area (TPSA) is 42.1 Å². The van der Waals surface area contributed by atoms with Crippen LogP contribution in [-0.4, -0.2) is 24.7 Å². The van der Waals surface area contributed by atoms with Gasteiger partial charge in [-0.2, -0.15) is 0 Å². The summed E-state index contributed by atoms with van der Waals surface area (Å²) in [5.74, 6) is 0.952. The molecule has 1 aromatic rings. The quantitative estimate of drug-likeness (QED) is 0.742. The van der Waals surface area contributed by atoms with Crippen molar-refractivity contribution in [2.75, 3.05) is 30.4 Å². The molecule has 0 amide bonds. The zero-order valence-corrected chi connectivity index (χ0v) is 7.28. The van der Waals surface area contributed by atoms with Crippen LogP contribution in [0.1, 0.15) is 0 Å². The minimum Gasteiger partial charge on any atom is -0.396 e. The molecule has 0 aliphatic carbocycles. The van der Waals surface area contributed by atoms with E-state index in [0.29, 0.717) is 5.69 Å². The molecular formula is C9H12FN3. The van der Waals surface area contributed by atoms with Crippen LogP contribution >= 0.6 is 0 Å².